The monoisotopic (exact) mass is 583 g/mol. The van der Waals surface area contributed by atoms with Gasteiger partial charge < -0.3 is 10.4 Å². The summed E-state index contributed by atoms with van der Waals surface area (Å²) < 4.78 is 0. The summed E-state index contributed by atoms with van der Waals surface area (Å²) in [4.78, 5) is 50.5. The fraction of sp³-hybridized carbons (Fsp3) is 0.158. The van der Waals surface area contributed by atoms with Crippen LogP contribution in [0.1, 0.15) is 74.3 Å². The Morgan fingerprint density at radius 1 is 0.659 bits per heavy atom. The van der Waals surface area contributed by atoms with Gasteiger partial charge >= 0.3 is 5.97 Å². The molecule has 4 aromatic carbocycles. The Hall–Kier alpha value is -5.36. The minimum Gasteiger partial charge on any atom is -0.481 e. The Kier molecular flexibility index (Phi) is 9.72. The van der Waals surface area contributed by atoms with Crippen LogP contribution in [-0.2, 0) is 4.79 Å². The van der Waals surface area contributed by atoms with Crippen molar-refractivity contribution in [1.82, 2.24) is 5.32 Å². The van der Waals surface area contributed by atoms with E-state index in [1.165, 1.54) is 30.2 Å². The third-order valence-corrected chi connectivity index (χ3v) is 7.69. The van der Waals surface area contributed by atoms with E-state index >= 15 is 0 Å². The molecule has 0 saturated carbocycles. The third kappa shape index (κ3) is 7.53. The highest BCUT2D eigenvalue weighted by Gasteiger charge is 2.19. The van der Waals surface area contributed by atoms with Crippen molar-refractivity contribution in [2.45, 2.75) is 32.1 Å². The van der Waals surface area contributed by atoms with Crippen LogP contribution in [0.25, 0.3) is 22.3 Å². The lowest BCUT2D eigenvalue weighted by Crippen LogP contribution is -2.26. The topological polar surface area (TPSA) is 101 Å². The van der Waals surface area contributed by atoms with Gasteiger partial charge in [-0.25, -0.2) is 0 Å². The van der Waals surface area contributed by atoms with Gasteiger partial charge in [0.2, 0.25) is 0 Å². The second-order valence-corrected chi connectivity index (χ2v) is 10.7. The minimum atomic E-state index is -1.00. The molecule has 6 nitrogen and oxygen atoms in total. The molecular formula is C38H33NO5. The highest BCUT2D eigenvalue weighted by atomic mass is 16.4. The highest BCUT2D eigenvalue weighted by molar-refractivity contribution is 6.32. The standard InChI is InChI=1S/C38H33NO5/c40-35(31-17-13-29(14-18-31)27-9-5-2-6-10-27)25-34(30-15-11-28(12-16-30)26-7-3-1-4-8-26)37(43)32-19-21-33(22-20-32)38(44)39-24-23-36(41)42/h2,5-7,9-22,25H,1,3-4,8,23-24H2,(H,39,44)(H,41,42). The highest BCUT2D eigenvalue weighted by Crippen LogP contribution is 2.29. The molecule has 1 aliphatic carbocycles. The van der Waals surface area contributed by atoms with Crippen molar-refractivity contribution < 1.29 is 24.3 Å². The maximum atomic E-state index is 13.9. The molecule has 2 N–H and O–H groups in total. The normalized spacial score (nSPS) is 13.1. The van der Waals surface area contributed by atoms with Crippen molar-refractivity contribution >= 4 is 34.6 Å². The van der Waals surface area contributed by atoms with E-state index < -0.39 is 11.9 Å². The van der Waals surface area contributed by atoms with Crippen molar-refractivity contribution in [3.8, 4) is 11.1 Å². The molecule has 6 heteroatoms. The van der Waals surface area contributed by atoms with Gasteiger partial charge in [-0.05, 0) is 71.7 Å². The summed E-state index contributed by atoms with van der Waals surface area (Å²) in [6, 6.07) is 31.1. The van der Waals surface area contributed by atoms with E-state index in [0.717, 1.165) is 36.0 Å². The van der Waals surface area contributed by atoms with Crippen LogP contribution in [0.4, 0.5) is 0 Å². The number of hydrogen-bond donors (Lipinski definition) is 2. The molecule has 0 radical (unpaired) electrons. The summed E-state index contributed by atoms with van der Waals surface area (Å²) in [5.41, 5.74) is 6.42. The number of Topliss-reactive ketones (excluding diaryl/α,β-unsaturated/α-hetero) is 1. The fourth-order valence-electron chi connectivity index (χ4n) is 5.23. The van der Waals surface area contributed by atoms with Crippen molar-refractivity contribution in [2.75, 3.05) is 6.54 Å². The summed E-state index contributed by atoms with van der Waals surface area (Å²) in [7, 11) is 0. The van der Waals surface area contributed by atoms with Gasteiger partial charge in [-0.3, -0.25) is 19.2 Å². The minimum absolute atomic E-state index is 0.00305. The zero-order chi connectivity index (χ0) is 30.9. The van der Waals surface area contributed by atoms with Crippen LogP contribution in [0.15, 0.2) is 115 Å². The lowest BCUT2D eigenvalue weighted by Gasteiger charge is -2.14. The van der Waals surface area contributed by atoms with E-state index in [4.69, 9.17) is 5.11 Å². The Morgan fingerprint density at radius 2 is 1.25 bits per heavy atom. The number of ketones is 2. The van der Waals surface area contributed by atoms with Crippen LogP contribution in [0, 0.1) is 0 Å². The largest absolute Gasteiger partial charge is 0.481 e. The SMILES string of the molecule is O=C(O)CCNC(=O)c1ccc(C(=O)C(=CC(=O)c2ccc(-c3ccccc3)cc2)c2ccc(C3=CCCCC3)cc2)cc1. The van der Waals surface area contributed by atoms with E-state index in [2.05, 4.69) is 11.4 Å². The zero-order valence-electron chi connectivity index (χ0n) is 24.3. The third-order valence-electron chi connectivity index (χ3n) is 7.69. The molecule has 0 atom stereocenters. The first-order chi connectivity index (χ1) is 21.4. The second-order valence-electron chi connectivity index (χ2n) is 10.7. The summed E-state index contributed by atoms with van der Waals surface area (Å²) in [6.45, 7) is 0.00305. The van der Waals surface area contributed by atoms with Gasteiger partial charge in [0.15, 0.2) is 11.6 Å². The van der Waals surface area contributed by atoms with Gasteiger partial charge in [0.05, 0.1) is 6.42 Å². The number of benzene rings is 4. The number of carboxylic acid groups (broad SMARTS) is 1. The number of aliphatic carboxylic acids is 1. The molecule has 220 valence electrons. The van der Waals surface area contributed by atoms with Crippen molar-refractivity contribution in [1.29, 1.82) is 0 Å². The quantitative estimate of drug-likeness (QED) is 0.139. The van der Waals surface area contributed by atoms with E-state index in [1.54, 1.807) is 24.3 Å². The molecule has 5 rings (SSSR count). The van der Waals surface area contributed by atoms with Crippen molar-refractivity contribution in [3.63, 3.8) is 0 Å². The predicted molar refractivity (Wildman–Crippen MR) is 172 cm³/mol. The first kappa shape index (κ1) is 30.1. The van der Waals surface area contributed by atoms with E-state index in [-0.39, 0.29) is 30.1 Å². The first-order valence-electron chi connectivity index (χ1n) is 14.7. The Labute approximate surface area is 256 Å². The van der Waals surface area contributed by atoms with Gasteiger partial charge in [0, 0.05) is 28.8 Å². The van der Waals surface area contributed by atoms with Crippen LogP contribution in [0.3, 0.4) is 0 Å². The summed E-state index contributed by atoms with van der Waals surface area (Å²) in [5.74, 6) is -2.07. The van der Waals surface area contributed by atoms with E-state index in [1.807, 2.05) is 66.7 Å². The van der Waals surface area contributed by atoms with Gasteiger partial charge in [0.25, 0.3) is 5.91 Å². The molecule has 0 aromatic heterocycles. The summed E-state index contributed by atoms with van der Waals surface area (Å²) in [5, 5.41) is 11.3. The number of amides is 1. The maximum Gasteiger partial charge on any atom is 0.305 e. The lowest BCUT2D eigenvalue weighted by atomic mass is 9.90. The molecule has 0 aliphatic heterocycles. The van der Waals surface area contributed by atoms with E-state index in [9.17, 15) is 19.2 Å². The second kappa shape index (κ2) is 14.2. The molecule has 0 saturated heterocycles. The summed E-state index contributed by atoms with van der Waals surface area (Å²) >= 11 is 0. The predicted octanol–water partition coefficient (Wildman–Crippen LogP) is 7.66. The molecule has 1 aliphatic rings. The van der Waals surface area contributed by atoms with E-state index in [0.29, 0.717) is 22.3 Å². The van der Waals surface area contributed by atoms with Crippen LogP contribution >= 0.6 is 0 Å². The molecule has 1 amide bonds. The van der Waals surface area contributed by atoms with Crippen LogP contribution in [0.5, 0.6) is 0 Å². The summed E-state index contributed by atoms with van der Waals surface area (Å²) in [6.07, 6.45) is 7.91. The molecular weight excluding hydrogens is 550 g/mol. The van der Waals surface area contributed by atoms with Gasteiger partial charge in [0.1, 0.15) is 0 Å². The first-order valence-corrected chi connectivity index (χ1v) is 14.7. The lowest BCUT2D eigenvalue weighted by molar-refractivity contribution is -0.136. The number of carbonyl (C=O) groups is 4. The number of rotatable bonds is 11. The fourth-order valence-corrected chi connectivity index (χ4v) is 5.23. The van der Waals surface area contributed by atoms with Crippen LogP contribution in [0.2, 0.25) is 0 Å². The number of carboxylic acids is 1. The maximum absolute atomic E-state index is 13.9. The number of nitrogens with one attached hydrogen (secondary N) is 1. The molecule has 4 aromatic rings. The smallest absolute Gasteiger partial charge is 0.305 e. The van der Waals surface area contributed by atoms with Gasteiger partial charge in [-0.1, -0.05) is 97.1 Å². The van der Waals surface area contributed by atoms with Crippen LogP contribution < -0.4 is 5.32 Å². The Balaban J connectivity index is 1.43. The Morgan fingerprint density at radius 3 is 1.89 bits per heavy atom. The average molecular weight is 584 g/mol. The molecule has 44 heavy (non-hydrogen) atoms. The molecule has 0 heterocycles. The Bertz CT molecular complexity index is 1720. The molecule has 0 bridgehead atoms. The van der Waals surface area contributed by atoms with Gasteiger partial charge in [-0.2, -0.15) is 0 Å². The van der Waals surface area contributed by atoms with Crippen molar-refractivity contribution in [3.05, 3.63) is 143 Å². The van der Waals surface area contributed by atoms with Crippen molar-refractivity contribution in [2.24, 2.45) is 0 Å². The zero-order valence-corrected chi connectivity index (χ0v) is 24.3. The molecule has 0 unspecified atom stereocenters. The van der Waals surface area contributed by atoms with Crippen LogP contribution in [-0.4, -0.2) is 35.1 Å². The molecule has 0 spiro atoms. The number of carbonyl (C=O) groups excluding carboxylic acids is 3. The number of allylic oxidation sites excluding steroid dienone is 4. The van der Waals surface area contributed by atoms with Gasteiger partial charge in [-0.15, -0.1) is 0 Å². The molecule has 0 fully saturated rings. The number of hydrogen-bond acceptors (Lipinski definition) is 4. The average Bonchev–Trinajstić information content (AvgIpc) is 3.07.